The van der Waals surface area contributed by atoms with Crippen LogP contribution in [0.15, 0.2) is 46.3 Å². The number of hydrogen-bond donors (Lipinski definition) is 2. The lowest BCUT2D eigenvalue weighted by atomic mass is 9.92. The molecule has 0 aliphatic heterocycles. The van der Waals surface area contributed by atoms with Crippen LogP contribution in [0, 0.1) is 0 Å². The van der Waals surface area contributed by atoms with Crippen LogP contribution in [0.1, 0.15) is 12.8 Å². The summed E-state index contributed by atoms with van der Waals surface area (Å²) in [6.07, 6.45) is 8.83. The van der Waals surface area contributed by atoms with Crippen molar-refractivity contribution in [3.8, 4) is 0 Å². The van der Waals surface area contributed by atoms with E-state index in [0.29, 0.717) is 0 Å². The van der Waals surface area contributed by atoms with Crippen LogP contribution >= 0.6 is 69.6 Å². The number of alkyl halides is 6. The standard InChI is InChI=1S/C16H18Cl6N2O2S/c17-13(18)7-15(21)3-1-9(5-11(15)23)27(25,26)10-2-4-16(22,8-14(19)20)12(24)6-10/h1-6,11-14H,7-8,23-24H2. The van der Waals surface area contributed by atoms with Crippen molar-refractivity contribution < 1.29 is 8.42 Å². The Morgan fingerprint density at radius 3 is 1.44 bits per heavy atom. The van der Waals surface area contributed by atoms with Crippen LogP contribution in [0.5, 0.6) is 0 Å². The van der Waals surface area contributed by atoms with Crippen LogP contribution in [-0.2, 0) is 9.84 Å². The lowest BCUT2D eigenvalue weighted by molar-refractivity contribution is 0.574. The van der Waals surface area contributed by atoms with Gasteiger partial charge in [-0.25, -0.2) is 8.42 Å². The highest BCUT2D eigenvalue weighted by Crippen LogP contribution is 2.39. The summed E-state index contributed by atoms with van der Waals surface area (Å²) in [6.45, 7) is 0. The van der Waals surface area contributed by atoms with Crippen LogP contribution in [0.4, 0.5) is 0 Å². The molecule has 0 aromatic heterocycles. The first-order valence-electron chi connectivity index (χ1n) is 7.83. The molecular formula is C16H18Cl6N2O2S. The molecule has 2 aliphatic carbocycles. The summed E-state index contributed by atoms with van der Waals surface area (Å²) >= 11 is 36.0. The Morgan fingerprint density at radius 1 is 0.852 bits per heavy atom. The Kier molecular flexibility index (Phi) is 7.72. The van der Waals surface area contributed by atoms with E-state index in [1.807, 2.05) is 0 Å². The molecule has 0 spiro atoms. The number of halogens is 6. The average molecular weight is 515 g/mol. The van der Waals surface area contributed by atoms with Gasteiger partial charge in [0.2, 0.25) is 9.84 Å². The average Bonchev–Trinajstić information content (AvgIpc) is 2.51. The van der Waals surface area contributed by atoms with E-state index in [1.54, 1.807) is 0 Å². The number of sulfone groups is 1. The maximum absolute atomic E-state index is 13.0. The van der Waals surface area contributed by atoms with E-state index < -0.39 is 41.3 Å². The van der Waals surface area contributed by atoms with E-state index in [2.05, 4.69) is 0 Å². The normalized spacial score (nSPS) is 34.1. The van der Waals surface area contributed by atoms with E-state index in [-0.39, 0.29) is 22.7 Å². The van der Waals surface area contributed by atoms with Crippen LogP contribution < -0.4 is 11.5 Å². The van der Waals surface area contributed by atoms with Crippen molar-refractivity contribution in [3.63, 3.8) is 0 Å². The van der Waals surface area contributed by atoms with Gasteiger partial charge in [0.15, 0.2) is 0 Å². The Morgan fingerprint density at radius 2 is 1.19 bits per heavy atom. The van der Waals surface area contributed by atoms with Gasteiger partial charge in [0.25, 0.3) is 0 Å². The zero-order valence-corrected chi connectivity index (χ0v) is 19.2. The molecule has 0 fully saturated rings. The Hall–Kier alpha value is 0.570. The molecule has 0 bridgehead atoms. The van der Waals surface area contributed by atoms with Crippen LogP contribution in [0.25, 0.3) is 0 Å². The second-order valence-electron chi connectivity index (χ2n) is 6.40. The SMILES string of the molecule is NC1C=C(S(=O)(=O)C2=CC(N)C(Cl)(CC(Cl)Cl)C=C2)C=CC1(Cl)CC(Cl)Cl. The number of nitrogens with two attached hydrogens (primary N) is 2. The van der Waals surface area contributed by atoms with Gasteiger partial charge in [-0.2, -0.15) is 0 Å². The number of hydrogen-bond acceptors (Lipinski definition) is 4. The Bertz CT molecular complexity index is 748. The molecule has 4 N–H and O–H groups in total. The first-order valence-corrected chi connectivity index (χ1v) is 11.8. The third-order valence-corrected chi connectivity index (χ3v) is 7.87. The summed E-state index contributed by atoms with van der Waals surface area (Å²) < 4.78 is 25.9. The topological polar surface area (TPSA) is 86.2 Å². The molecule has 0 aromatic rings. The van der Waals surface area contributed by atoms with Crippen LogP contribution in [0.3, 0.4) is 0 Å². The molecule has 4 atom stereocenters. The summed E-state index contributed by atoms with van der Waals surface area (Å²) in [6, 6.07) is -1.59. The molecule has 11 heteroatoms. The smallest absolute Gasteiger partial charge is 0.206 e. The summed E-state index contributed by atoms with van der Waals surface area (Å²) in [7, 11) is -3.87. The predicted molar refractivity (Wildman–Crippen MR) is 117 cm³/mol. The molecule has 27 heavy (non-hydrogen) atoms. The van der Waals surface area contributed by atoms with E-state index in [1.165, 1.54) is 36.5 Å². The molecule has 2 aliphatic rings. The summed E-state index contributed by atoms with van der Waals surface area (Å²) in [5.41, 5.74) is 12.1. The molecule has 0 amide bonds. The van der Waals surface area contributed by atoms with Gasteiger partial charge in [0.1, 0.15) is 9.67 Å². The molecule has 0 saturated carbocycles. The molecule has 0 saturated heterocycles. The van der Waals surface area contributed by atoms with Gasteiger partial charge in [0, 0.05) is 24.9 Å². The minimum absolute atomic E-state index is 0.00436. The van der Waals surface area contributed by atoms with Gasteiger partial charge in [-0.1, -0.05) is 12.2 Å². The second-order valence-corrected chi connectivity index (χ2v) is 12.3. The molecule has 0 heterocycles. The number of rotatable bonds is 6. The highest BCUT2D eigenvalue weighted by Gasteiger charge is 2.40. The summed E-state index contributed by atoms with van der Waals surface area (Å²) in [5, 5.41) is 0. The number of allylic oxidation sites excluding steroid dienone is 2. The Labute approximate surface area is 189 Å². The highest BCUT2D eigenvalue weighted by molar-refractivity contribution is 7.99. The molecular weight excluding hydrogens is 497 g/mol. The first kappa shape index (κ1) is 23.8. The molecule has 4 nitrogen and oxygen atoms in total. The lowest BCUT2D eigenvalue weighted by Crippen LogP contribution is -2.44. The van der Waals surface area contributed by atoms with Crippen molar-refractivity contribution in [2.75, 3.05) is 0 Å². The van der Waals surface area contributed by atoms with E-state index in [9.17, 15) is 8.42 Å². The van der Waals surface area contributed by atoms with Crippen molar-refractivity contribution in [3.05, 3.63) is 46.3 Å². The maximum atomic E-state index is 13.0. The fourth-order valence-corrected chi connectivity index (χ4v) is 6.10. The van der Waals surface area contributed by atoms with Gasteiger partial charge in [-0.15, -0.1) is 69.6 Å². The Balaban J connectivity index is 2.28. The van der Waals surface area contributed by atoms with Crippen LogP contribution in [0.2, 0.25) is 0 Å². The van der Waals surface area contributed by atoms with Crippen molar-refractivity contribution >= 4 is 79.4 Å². The third-order valence-electron chi connectivity index (χ3n) is 4.40. The quantitative estimate of drug-likeness (QED) is 0.517. The van der Waals surface area contributed by atoms with Gasteiger partial charge in [-0.3, -0.25) is 0 Å². The second kappa shape index (κ2) is 8.75. The van der Waals surface area contributed by atoms with E-state index >= 15 is 0 Å². The molecule has 2 rings (SSSR count). The van der Waals surface area contributed by atoms with Crippen LogP contribution in [-0.4, -0.2) is 39.9 Å². The fourth-order valence-electron chi connectivity index (χ4n) is 2.78. The highest BCUT2D eigenvalue weighted by atomic mass is 35.5. The predicted octanol–water partition coefficient (Wildman–Crippen LogP) is 4.31. The van der Waals surface area contributed by atoms with Crippen molar-refractivity contribution in [2.24, 2.45) is 11.5 Å². The van der Waals surface area contributed by atoms with E-state index in [4.69, 9.17) is 81.1 Å². The zero-order valence-electron chi connectivity index (χ0n) is 13.8. The van der Waals surface area contributed by atoms with Crippen molar-refractivity contribution in [2.45, 2.75) is 44.3 Å². The third kappa shape index (κ3) is 5.39. The summed E-state index contributed by atoms with van der Waals surface area (Å²) in [4.78, 5) is -3.61. The van der Waals surface area contributed by atoms with E-state index in [0.717, 1.165) is 0 Å². The zero-order chi connectivity index (χ0) is 20.6. The van der Waals surface area contributed by atoms with Gasteiger partial charge in [0.05, 0.1) is 19.6 Å². The monoisotopic (exact) mass is 512 g/mol. The maximum Gasteiger partial charge on any atom is 0.206 e. The van der Waals surface area contributed by atoms with Gasteiger partial charge in [-0.05, 0) is 24.3 Å². The van der Waals surface area contributed by atoms with Gasteiger partial charge < -0.3 is 11.5 Å². The fraction of sp³-hybridized carbons (Fsp3) is 0.500. The first-order chi connectivity index (χ1) is 12.3. The van der Waals surface area contributed by atoms with Gasteiger partial charge >= 0.3 is 0 Å². The lowest BCUT2D eigenvalue weighted by Gasteiger charge is -2.33. The molecule has 152 valence electrons. The van der Waals surface area contributed by atoms with Crippen molar-refractivity contribution in [1.82, 2.24) is 0 Å². The van der Waals surface area contributed by atoms with Crippen molar-refractivity contribution in [1.29, 1.82) is 0 Å². The minimum atomic E-state index is -3.87. The largest absolute Gasteiger partial charge is 0.323 e. The molecule has 0 aromatic carbocycles. The minimum Gasteiger partial charge on any atom is -0.323 e. The molecule has 4 unspecified atom stereocenters. The summed E-state index contributed by atoms with van der Waals surface area (Å²) in [5.74, 6) is 0. The molecule has 0 radical (unpaired) electrons.